The van der Waals surface area contributed by atoms with Crippen molar-refractivity contribution < 1.29 is 37.5 Å². The van der Waals surface area contributed by atoms with E-state index in [1.165, 1.54) is 63.0 Å². The zero-order valence-corrected chi connectivity index (χ0v) is 33.7. The van der Waals surface area contributed by atoms with Crippen molar-refractivity contribution in [1.29, 1.82) is 0 Å². The fourth-order valence-electron chi connectivity index (χ4n) is 6.52. The number of carbonyl (C=O) groups is 1. The molecule has 0 bridgehead atoms. The van der Waals surface area contributed by atoms with Gasteiger partial charge in [-0.05, 0) is 62.1 Å². The maximum atomic E-state index is 10.5. The van der Waals surface area contributed by atoms with E-state index in [0.29, 0.717) is 24.0 Å². The van der Waals surface area contributed by atoms with Crippen molar-refractivity contribution in [3.8, 4) is 0 Å². The summed E-state index contributed by atoms with van der Waals surface area (Å²) in [5.41, 5.74) is 4.58. The van der Waals surface area contributed by atoms with Crippen molar-refractivity contribution in [1.82, 2.24) is 10.6 Å². The average Bonchev–Trinajstić information content (AvgIpc) is 3.60. The molecule has 49 heavy (non-hydrogen) atoms. The summed E-state index contributed by atoms with van der Waals surface area (Å²) < 4.78 is 0. The van der Waals surface area contributed by atoms with Crippen LogP contribution in [0.2, 0.25) is 0 Å². The smallest absolute Gasteiger partial charge is 0.221 e. The van der Waals surface area contributed by atoms with Gasteiger partial charge in [-0.3, -0.25) is 9.79 Å². The monoisotopic (exact) mass is 743 g/mol. The van der Waals surface area contributed by atoms with Gasteiger partial charge in [0.1, 0.15) is 0 Å². The SMILES string of the molecule is C=C.CC(=O)NC=NCc1ccccc1.CN=CCC/C(C)=C/CNC1CC[N-]C(c2ccccc2)C1.C[C@@H]1CC[N-]CC12CCCC2.[Y]. The first kappa shape index (κ1) is 44.7. The van der Waals surface area contributed by atoms with Crippen LogP contribution >= 0.6 is 0 Å². The van der Waals surface area contributed by atoms with Crippen LogP contribution in [0.15, 0.2) is 95.5 Å². The van der Waals surface area contributed by atoms with Crippen LogP contribution in [0.5, 0.6) is 0 Å². The normalized spacial score (nSPS) is 21.3. The molecule has 1 radical (unpaired) electrons. The van der Waals surface area contributed by atoms with E-state index in [2.05, 4.69) is 89.3 Å². The molecule has 2 unspecified atom stereocenters. The van der Waals surface area contributed by atoms with Crippen LogP contribution in [0.4, 0.5) is 0 Å². The van der Waals surface area contributed by atoms with Crippen molar-refractivity contribution in [3.63, 3.8) is 0 Å². The largest absolute Gasteiger partial charge is 0.662 e. The molecule has 5 rings (SSSR count). The number of allylic oxidation sites excluding steroid dienone is 1. The summed E-state index contributed by atoms with van der Waals surface area (Å²) in [6, 6.07) is 21.5. The second-order valence-corrected chi connectivity index (χ2v) is 13.0. The molecule has 2 N–H and O–H groups in total. The number of hydrogen-bond acceptors (Lipinski definition) is 4. The first-order chi connectivity index (χ1) is 23.4. The number of carbonyl (C=O) groups excluding carboxylic acids is 1. The standard InChI is InChI=1S/C19H28N3.C10H12N2O.C10H18N.C2H4.Y/c1-16(7-6-12-20-2)10-13-21-18-11-14-22-19(15-18)17-8-4-3-5-9-17;1-9(13)12-8-11-7-10-5-3-2-4-6-10;1-9-4-7-11-8-10(9)5-2-3-6-10;1-2;/h3-5,8-10,12,18-19,21H,6-7,11,13-15H2,1-2H3;2-6,8H,7H2,1H3,(H,11,12,13);9H,2-8H2,1H3;1-2H2;/q-1;;-1;;/b16-10+,20-12?;;;;/t;;9-;;/m..1../s1. The van der Waals surface area contributed by atoms with E-state index in [0.717, 1.165) is 56.8 Å². The molecule has 0 aromatic heterocycles. The molecule has 2 saturated heterocycles. The van der Waals surface area contributed by atoms with E-state index >= 15 is 0 Å². The number of amides is 1. The van der Waals surface area contributed by atoms with Gasteiger partial charge in [0, 0.05) is 59.3 Å². The minimum atomic E-state index is -0.100. The summed E-state index contributed by atoms with van der Waals surface area (Å²) >= 11 is 0. The van der Waals surface area contributed by atoms with Gasteiger partial charge in [-0.2, -0.15) is 0 Å². The fraction of sp³-hybridized carbons (Fsp3) is 0.537. The Bertz CT molecular complexity index is 1210. The molecular weight excluding hydrogens is 681 g/mol. The van der Waals surface area contributed by atoms with Gasteiger partial charge in [-0.1, -0.05) is 110 Å². The first-order valence-electron chi connectivity index (χ1n) is 17.9. The Kier molecular flexibility index (Phi) is 25.1. The van der Waals surface area contributed by atoms with Crippen molar-refractivity contribution >= 4 is 18.5 Å². The quantitative estimate of drug-likeness (QED) is 0.144. The molecule has 1 amide bonds. The van der Waals surface area contributed by atoms with Crippen LogP contribution in [0.25, 0.3) is 10.6 Å². The maximum Gasteiger partial charge on any atom is 0.221 e. The van der Waals surface area contributed by atoms with Gasteiger partial charge in [-0.25, -0.2) is 0 Å². The summed E-state index contributed by atoms with van der Waals surface area (Å²) in [4.78, 5) is 18.5. The van der Waals surface area contributed by atoms with E-state index in [4.69, 9.17) is 5.32 Å². The van der Waals surface area contributed by atoms with Crippen molar-refractivity contribution in [2.45, 2.75) is 97.2 Å². The third kappa shape index (κ3) is 18.5. The van der Waals surface area contributed by atoms with E-state index in [9.17, 15) is 4.79 Å². The Labute approximate surface area is 323 Å². The third-order valence-electron chi connectivity index (χ3n) is 9.49. The van der Waals surface area contributed by atoms with Crippen LogP contribution in [0.1, 0.15) is 95.7 Å². The number of benzene rings is 2. The van der Waals surface area contributed by atoms with E-state index < -0.39 is 0 Å². The Balaban J connectivity index is 0.000000380. The minimum absolute atomic E-state index is 0. The predicted molar refractivity (Wildman–Crippen MR) is 207 cm³/mol. The van der Waals surface area contributed by atoms with Crippen LogP contribution in [0.3, 0.4) is 0 Å². The van der Waals surface area contributed by atoms with Crippen LogP contribution in [-0.2, 0) is 44.0 Å². The number of rotatable bonds is 10. The molecule has 267 valence electrons. The van der Waals surface area contributed by atoms with Gasteiger partial charge in [-0.15, -0.1) is 38.8 Å². The second kappa shape index (κ2) is 27.4. The summed E-state index contributed by atoms with van der Waals surface area (Å²) in [7, 11) is 1.83. The van der Waals surface area contributed by atoms with Gasteiger partial charge in [0.15, 0.2) is 0 Å². The summed E-state index contributed by atoms with van der Waals surface area (Å²) in [5.74, 6) is 0.847. The molecule has 2 heterocycles. The fourth-order valence-corrected chi connectivity index (χ4v) is 6.52. The summed E-state index contributed by atoms with van der Waals surface area (Å²) in [5, 5.41) is 15.5. The minimum Gasteiger partial charge on any atom is -0.662 e. The molecule has 7 nitrogen and oxygen atoms in total. The molecule has 1 saturated carbocycles. The first-order valence-corrected chi connectivity index (χ1v) is 17.9. The van der Waals surface area contributed by atoms with E-state index in [1.54, 1.807) is 0 Å². The van der Waals surface area contributed by atoms with Crippen molar-refractivity contribution in [2.24, 2.45) is 21.3 Å². The van der Waals surface area contributed by atoms with Crippen LogP contribution < -0.4 is 10.6 Å². The Morgan fingerprint density at radius 3 is 2.31 bits per heavy atom. The Morgan fingerprint density at radius 2 is 1.67 bits per heavy atom. The maximum absolute atomic E-state index is 10.5. The number of aliphatic imine (C=N–C) groups is 2. The van der Waals surface area contributed by atoms with Gasteiger partial charge in [0.05, 0.1) is 12.9 Å². The third-order valence-corrected chi connectivity index (χ3v) is 9.49. The summed E-state index contributed by atoms with van der Waals surface area (Å²) in [6.45, 7) is 16.9. The van der Waals surface area contributed by atoms with E-state index in [-0.39, 0.29) is 38.6 Å². The molecule has 8 heteroatoms. The molecule has 3 aliphatic rings. The molecule has 2 aromatic carbocycles. The van der Waals surface area contributed by atoms with Crippen LogP contribution in [-0.4, -0.2) is 57.7 Å². The van der Waals surface area contributed by atoms with Gasteiger partial charge in [0.25, 0.3) is 0 Å². The molecular formula is C41H62N6OY-2. The topological polar surface area (TPSA) is 94.0 Å². The number of piperidine rings is 2. The van der Waals surface area contributed by atoms with Crippen LogP contribution in [0, 0.1) is 11.3 Å². The number of hydrogen-bond donors (Lipinski definition) is 2. The molecule has 1 aliphatic carbocycles. The molecule has 2 aliphatic heterocycles. The average molecular weight is 744 g/mol. The number of nitrogens with zero attached hydrogens (tertiary/aromatic N) is 4. The van der Waals surface area contributed by atoms with Gasteiger partial charge in [0.2, 0.25) is 5.91 Å². The molecule has 3 fully saturated rings. The van der Waals surface area contributed by atoms with E-state index in [1.807, 2.05) is 43.6 Å². The van der Waals surface area contributed by atoms with Crippen molar-refractivity contribution in [3.05, 3.63) is 107 Å². The molecule has 2 aromatic rings. The van der Waals surface area contributed by atoms with Crippen molar-refractivity contribution in [2.75, 3.05) is 33.2 Å². The number of nitrogens with one attached hydrogen (secondary N) is 2. The second-order valence-electron chi connectivity index (χ2n) is 13.0. The molecule has 3 atom stereocenters. The predicted octanol–water partition coefficient (Wildman–Crippen LogP) is 9.39. The van der Waals surface area contributed by atoms with Gasteiger partial charge >= 0.3 is 0 Å². The Morgan fingerprint density at radius 1 is 1.00 bits per heavy atom. The van der Waals surface area contributed by atoms with Gasteiger partial charge < -0.3 is 26.3 Å². The zero-order valence-electron chi connectivity index (χ0n) is 30.8. The Hall–Kier alpha value is -2.29. The zero-order chi connectivity index (χ0) is 34.9. The summed E-state index contributed by atoms with van der Waals surface area (Å²) in [6.07, 6.45) is 17.3. The molecule has 1 spiro atoms.